The van der Waals surface area contributed by atoms with Crippen molar-refractivity contribution in [2.75, 3.05) is 13.1 Å². The van der Waals surface area contributed by atoms with Crippen molar-refractivity contribution < 1.29 is 18.0 Å². The minimum absolute atomic E-state index is 0.217. The molecule has 0 aliphatic rings. The molecule has 1 aromatic heterocycles. The highest BCUT2D eigenvalue weighted by molar-refractivity contribution is 5.99. The van der Waals surface area contributed by atoms with Crippen molar-refractivity contribution in [2.45, 2.75) is 53.4 Å². The Morgan fingerprint density at radius 1 is 1.33 bits per heavy atom. The number of alkyl halides is 3. The Bertz CT molecular complexity index is 504. The minimum atomic E-state index is -4.30. The first kappa shape index (κ1) is 17.8. The molecule has 0 aliphatic heterocycles. The number of aryl methyl sites for hydroxylation is 1. The van der Waals surface area contributed by atoms with E-state index >= 15 is 0 Å². The van der Waals surface area contributed by atoms with Crippen LogP contribution in [0.1, 0.15) is 42.5 Å². The van der Waals surface area contributed by atoms with Gasteiger partial charge < -0.3 is 4.57 Å². The molecule has 6 heteroatoms. The van der Waals surface area contributed by atoms with Crippen LogP contribution in [0, 0.1) is 13.8 Å². The summed E-state index contributed by atoms with van der Waals surface area (Å²) >= 11 is 0. The number of halogens is 3. The normalized spacial score (nSPS) is 12.5. The van der Waals surface area contributed by atoms with E-state index in [9.17, 15) is 18.0 Å². The first-order valence-electron chi connectivity index (χ1n) is 7.07. The largest absolute Gasteiger partial charge is 0.401 e. The van der Waals surface area contributed by atoms with Crippen LogP contribution in [0.4, 0.5) is 13.2 Å². The van der Waals surface area contributed by atoms with E-state index in [0.717, 1.165) is 22.8 Å². The fourth-order valence-electron chi connectivity index (χ4n) is 2.49. The van der Waals surface area contributed by atoms with Crippen LogP contribution in [-0.4, -0.2) is 40.6 Å². The number of rotatable bonds is 6. The molecule has 0 bridgehead atoms. The van der Waals surface area contributed by atoms with E-state index in [0.29, 0.717) is 5.56 Å². The Kier molecular flexibility index (Phi) is 5.61. The maximum absolute atomic E-state index is 12.6. The molecule has 0 aromatic carbocycles. The third-order valence-electron chi connectivity index (χ3n) is 3.65. The predicted octanol–water partition coefficient (Wildman–Crippen LogP) is 3.58. The monoisotopic (exact) mass is 304 g/mol. The molecular formula is C15H23F3N2O. The van der Waals surface area contributed by atoms with Gasteiger partial charge in [0.1, 0.15) is 0 Å². The summed E-state index contributed by atoms with van der Waals surface area (Å²) in [5.41, 5.74) is 2.28. The second kappa shape index (κ2) is 6.64. The van der Waals surface area contributed by atoms with E-state index in [-0.39, 0.29) is 18.4 Å². The van der Waals surface area contributed by atoms with Crippen LogP contribution in [0.3, 0.4) is 0 Å². The molecular weight excluding hydrogens is 281 g/mol. The van der Waals surface area contributed by atoms with Crippen molar-refractivity contribution in [2.24, 2.45) is 0 Å². The number of nitrogens with zero attached hydrogens (tertiary/aromatic N) is 2. The lowest BCUT2D eigenvalue weighted by atomic mass is 10.1. The number of hydrogen-bond donors (Lipinski definition) is 0. The molecule has 0 saturated carbocycles. The molecule has 21 heavy (non-hydrogen) atoms. The maximum Gasteiger partial charge on any atom is 0.401 e. The van der Waals surface area contributed by atoms with Gasteiger partial charge in [-0.15, -0.1) is 0 Å². The van der Waals surface area contributed by atoms with E-state index in [2.05, 4.69) is 0 Å². The van der Waals surface area contributed by atoms with Gasteiger partial charge in [-0.25, -0.2) is 0 Å². The highest BCUT2D eigenvalue weighted by Gasteiger charge is 2.33. The van der Waals surface area contributed by atoms with Crippen LogP contribution in [0.5, 0.6) is 0 Å². The third kappa shape index (κ3) is 4.59. The van der Waals surface area contributed by atoms with Crippen LogP contribution < -0.4 is 0 Å². The summed E-state index contributed by atoms with van der Waals surface area (Å²) in [7, 11) is 0. The van der Waals surface area contributed by atoms with Crippen LogP contribution in [0.15, 0.2) is 6.07 Å². The summed E-state index contributed by atoms with van der Waals surface area (Å²) in [5.74, 6) is -0.263. The van der Waals surface area contributed by atoms with Gasteiger partial charge >= 0.3 is 6.18 Å². The Labute approximate surface area is 123 Å². The molecule has 120 valence electrons. The molecule has 0 fully saturated rings. The van der Waals surface area contributed by atoms with Gasteiger partial charge in [-0.05, 0) is 40.7 Å². The summed E-state index contributed by atoms with van der Waals surface area (Å²) in [6, 6.07) is 1.41. The summed E-state index contributed by atoms with van der Waals surface area (Å²) in [6.45, 7) is 8.47. The molecule has 0 unspecified atom stereocenters. The second-order valence-electron chi connectivity index (χ2n) is 5.57. The predicted molar refractivity (Wildman–Crippen MR) is 76.7 cm³/mol. The maximum atomic E-state index is 12.6. The topological polar surface area (TPSA) is 25.2 Å². The van der Waals surface area contributed by atoms with Gasteiger partial charge in [-0.1, -0.05) is 0 Å². The Morgan fingerprint density at radius 2 is 1.90 bits per heavy atom. The van der Waals surface area contributed by atoms with Crippen molar-refractivity contribution >= 4 is 5.78 Å². The van der Waals surface area contributed by atoms with Gasteiger partial charge in [0.2, 0.25) is 0 Å². The number of Topliss-reactive ketones (excluding diaryl/α,β-unsaturated/α-hetero) is 1. The fraction of sp³-hybridized carbons (Fsp3) is 0.667. The second-order valence-corrected chi connectivity index (χ2v) is 5.57. The SMILES string of the molecule is CCn1c(C)cc(C(=O)CN(CC(F)(F)F)C(C)C)c1C. The average Bonchev–Trinajstić information content (AvgIpc) is 2.61. The molecule has 0 atom stereocenters. The van der Waals surface area contributed by atoms with Gasteiger partial charge in [0.25, 0.3) is 0 Å². The lowest BCUT2D eigenvalue weighted by Gasteiger charge is -2.26. The lowest BCUT2D eigenvalue weighted by molar-refractivity contribution is -0.148. The Morgan fingerprint density at radius 3 is 2.29 bits per heavy atom. The third-order valence-corrected chi connectivity index (χ3v) is 3.65. The van der Waals surface area contributed by atoms with E-state index < -0.39 is 12.7 Å². The van der Waals surface area contributed by atoms with Crippen LogP contribution in [0.2, 0.25) is 0 Å². The first-order chi connectivity index (χ1) is 9.56. The summed E-state index contributed by atoms with van der Waals surface area (Å²) in [4.78, 5) is 13.5. The molecule has 1 heterocycles. The quantitative estimate of drug-likeness (QED) is 0.751. The zero-order valence-electron chi connectivity index (χ0n) is 13.2. The molecule has 0 saturated heterocycles. The number of hydrogen-bond acceptors (Lipinski definition) is 2. The van der Waals surface area contributed by atoms with Crippen LogP contribution >= 0.6 is 0 Å². The molecule has 0 radical (unpaired) electrons. The van der Waals surface area contributed by atoms with Gasteiger partial charge in [0.15, 0.2) is 5.78 Å². The van der Waals surface area contributed by atoms with Crippen molar-refractivity contribution in [3.8, 4) is 0 Å². The Balaban J connectivity index is 2.93. The highest BCUT2D eigenvalue weighted by Crippen LogP contribution is 2.20. The van der Waals surface area contributed by atoms with Crippen LogP contribution in [0.25, 0.3) is 0 Å². The van der Waals surface area contributed by atoms with Gasteiger partial charge in [-0.3, -0.25) is 9.69 Å². The van der Waals surface area contributed by atoms with Gasteiger partial charge in [0.05, 0.1) is 13.1 Å². The molecule has 1 rings (SSSR count). The number of carbonyl (C=O) groups excluding carboxylic acids is 1. The molecule has 0 aliphatic carbocycles. The van der Waals surface area contributed by atoms with E-state index in [1.54, 1.807) is 19.9 Å². The zero-order valence-corrected chi connectivity index (χ0v) is 13.2. The Hall–Kier alpha value is -1.30. The highest BCUT2D eigenvalue weighted by atomic mass is 19.4. The lowest BCUT2D eigenvalue weighted by Crippen LogP contribution is -2.42. The average molecular weight is 304 g/mol. The summed E-state index contributed by atoms with van der Waals surface area (Å²) in [5, 5.41) is 0. The molecule has 0 N–H and O–H groups in total. The van der Waals surface area contributed by atoms with E-state index in [1.165, 1.54) is 0 Å². The van der Waals surface area contributed by atoms with Gasteiger partial charge in [0, 0.05) is 29.5 Å². The first-order valence-corrected chi connectivity index (χ1v) is 7.07. The number of aromatic nitrogens is 1. The van der Waals surface area contributed by atoms with Crippen LogP contribution in [-0.2, 0) is 6.54 Å². The molecule has 0 spiro atoms. The van der Waals surface area contributed by atoms with Crippen molar-refractivity contribution in [3.05, 3.63) is 23.0 Å². The minimum Gasteiger partial charge on any atom is -0.349 e. The molecule has 3 nitrogen and oxygen atoms in total. The number of ketones is 1. The van der Waals surface area contributed by atoms with Crippen molar-refractivity contribution in [1.29, 1.82) is 0 Å². The summed E-state index contributed by atoms with van der Waals surface area (Å²) in [6.07, 6.45) is -4.30. The number of carbonyl (C=O) groups is 1. The van der Waals surface area contributed by atoms with Crippen molar-refractivity contribution in [3.63, 3.8) is 0 Å². The van der Waals surface area contributed by atoms with Gasteiger partial charge in [-0.2, -0.15) is 13.2 Å². The molecule has 0 amide bonds. The fourth-order valence-corrected chi connectivity index (χ4v) is 2.49. The van der Waals surface area contributed by atoms with E-state index in [1.807, 2.05) is 25.3 Å². The van der Waals surface area contributed by atoms with Crippen molar-refractivity contribution in [1.82, 2.24) is 9.47 Å². The zero-order chi connectivity index (χ0) is 16.4. The molecule has 1 aromatic rings. The standard InChI is InChI=1S/C15H23F3N2O/c1-6-20-11(4)7-13(12(20)5)14(21)8-19(10(2)3)9-15(16,17)18/h7,10H,6,8-9H2,1-5H3. The van der Waals surface area contributed by atoms with E-state index in [4.69, 9.17) is 0 Å². The summed E-state index contributed by atoms with van der Waals surface area (Å²) < 4.78 is 39.7. The smallest absolute Gasteiger partial charge is 0.349 e.